The third-order valence-electron chi connectivity index (χ3n) is 10.8. The number of nitrogens with zero attached hydrogens (tertiary/aromatic N) is 2. The van der Waals surface area contributed by atoms with Crippen LogP contribution < -0.4 is 10.2 Å². The van der Waals surface area contributed by atoms with E-state index in [4.69, 9.17) is 0 Å². The molecule has 2 aliphatic rings. The van der Waals surface area contributed by atoms with Crippen LogP contribution in [0.2, 0.25) is 0 Å². The van der Waals surface area contributed by atoms with E-state index in [0.717, 1.165) is 60.8 Å². The van der Waals surface area contributed by atoms with E-state index in [-0.39, 0.29) is 73.5 Å². The standard InChI is InChI=1S/2C22H26NO2.Ca/c2*1-23-19(15-21(24)17-9-4-2-5-10-17)13-8-14-20(23)16-22(25)18-11-6-3-7-12-18;/h2*2-7,9-12,19-21H,8,13-16H2,1H3;/q2*-1;+2. The molecule has 0 bridgehead atoms. The van der Waals surface area contributed by atoms with Crippen LogP contribution in [0.3, 0.4) is 0 Å². The van der Waals surface area contributed by atoms with Crippen molar-refractivity contribution in [3.05, 3.63) is 144 Å². The van der Waals surface area contributed by atoms with Crippen LogP contribution in [0.5, 0.6) is 0 Å². The molecule has 2 saturated heterocycles. The van der Waals surface area contributed by atoms with Crippen molar-refractivity contribution >= 4 is 49.3 Å². The van der Waals surface area contributed by atoms with Gasteiger partial charge in [-0.15, -0.1) is 0 Å². The Morgan fingerprint density at radius 1 is 0.529 bits per heavy atom. The maximum absolute atomic E-state index is 12.6. The molecule has 6 atom stereocenters. The molecule has 0 amide bonds. The largest absolute Gasteiger partial charge is 2.00 e. The van der Waals surface area contributed by atoms with Crippen molar-refractivity contribution in [1.82, 2.24) is 9.80 Å². The third kappa shape index (κ3) is 12.2. The van der Waals surface area contributed by atoms with Crippen LogP contribution in [0.4, 0.5) is 0 Å². The second kappa shape index (κ2) is 21.1. The zero-order valence-electron chi connectivity index (χ0n) is 30.3. The molecule has 2 fully saturated rings. The Morgan fingerprint density at radius 2 is 0.824 bits per heavy atom. The number of Topliss-reactive ketones (excluding diaryl/α,β-unsaturated/α-hetero) is 2. The molecular formula is C44H52CaN2O4. The van der Waals surface area contributed by atoms with Crippen LogP contribution >= 0.6 is 0 Å². The summed E-state index contributed by atoms with van der Waals surface area (Å²) in [6.45, 7) is 0. The van der Waals surface area contributed by atoms with E-state index in [1.165, 1.54) is 0 Å². The monoisotopic (exact) mass is 712 g/mol. The molecular weight excluding hydrogens is 661 g/mol. The molecule has 0 N–H and O–H groups in total. The van der Waals surface area contributed by atoms with Gasteiger partial charge in [0.2, 0.25) is 0 Å². The molecule has 264 valence electrons. The molecule has 51 heavy (non-hydrogen) atoms. The number of carbonyl (C=O) groups is 2. The van der Waals surface area contributed by atoms with Crippen molar-refractivity contribution in [3.8, 4) is 0 Å². The van der Waals surface area contributed by atoms with Crippen LogP contribution in [0.25, 0.3) is 0 Å². The van der Waals surface area contributed by atoms with Crippen molar-refractivity contribution in [1.29, 1.82) is 0 Å². The first-order chi connectivity index (χ1) is 24.3. The van der Waals surface area contributed by atoms with Crippen molar-refractivity contribution in [2.45, 2.75) is 101 Å². The summed E-state index contributed by atoms with van der Waals surface area (Å²) in [5, 5.41) is 25.2. The first kappa shape index (κ1) is 41.1. The summed E-state index contributed by atoms with van der Waals surface area (Å²) in [5.41, 5.74) is 3.28. The molecule has 0 aliphatic carbocycles. The first-order valence-corrected chi connectivity index (χ1v) is 18.3. The van der Waals surface area contributed by atoms with E-state index >= 15 is 0 Å². The number of piperidine rings is 2. The Labute approximate surface area is 334 Å². The zero-order chi connectivity index (χ0) is 35.3. The maximum Gasteiger partial charge on any atom is 2.00 e. The van der Waals surface area contributed by atoms with Gasteiger partial charge >= 0.3 is 37.7 Å². The predicted molar refractivity (Wildman–Crippen MR) is 203 cm³/mol. The molecule has 2 heterocycles. The van der Waals surface area contributed by atoms with Gasteiger partial charge in [0.05, 0.1) is 0 Å². The van der Waals surface area contributed by atoms with E-state index in [9.17, 15) is 19.8 Å². The predicted octanol–water partition coefficient (Wildman–Crippen LogP) is 6.83. The van der Waals surface area contributed by atoms with Gasteiger partial charge in [0, 0.05) is 48.1 Å². The number of likely N-dealkylation sites (tertiary alicyclic amines) is 2. The van der Waals surface area contributed by atoms with Gasteiger partial charge in [0.1, 0.15) is 0 Å². The Balaban J connectivity index is 0.000000224. The van der Waals surface area contributed by atoms with Crippen molar-refractivity contribution in [2.75, 3.05) is 14.1 Å². The first-order valence-electron chi connectivity index (χ1n) is 18.3. The number of hydrogen-bond acceptors (Lipinski definition) is 6. The number of hydrogen-bond donors (Lipinski definition) is 0. The van der Waals surface area contributed by atoms with Gasteiger partial charge in [0.15, 0.2) is 11.6 Å². The van der Waals surface area contributed by atoms with Crippen molar-refractivity contribution in [3.63, 3.8) is 0 Å². The Kier molecular flexibility index (Phi) is 17.0. The molecule has 6 nitrogen and oxygen atoms in total. The topological polar surface area (TPSA) is 86.7 Å². The summed E-state index contributed by atoms with van der Waals surface area (Å²) in [4.78, 5) is 29.6. The van der Waals surface area contributed by atoms with Gasteiger partial charge in [-0.25, -0.2) is 0 Å². The summed E-state index contributed by atoms with van der Waals surface area (Å²) in [7, 11) is 4.15. The van der Waals surface area contributed by atoms with Gasteiger partial charge < -0.3 is 20.0 Å². The molecule has 0 aromatic heterocycles. The van der Waals surface area contributed by atoms with Crippen LogP contribution in [-0.2, 0) is 0 Å². The van der Waals surface area contributed by atoms with E-state index in [2.05, 4.69) is 23.9 Å². The van der Waals surface area contributed by atoms with Crippen molar-refractivity contribution < 1.29 is 19.8 Å². The maximum atomic E-state index is 12.6. The quantitative estimate of drug-likeness (QED) is 0.118. The summed E-state index contributed by atoms with van der Waals surface area (Å²) in [6, 6.07) is 39.2. The second-order valence-corrected chi connectivity index (χ2v) is 14.1. The molecule has 6 unspecified atom stereocenters. The smallest absolute Gasteiger partial charge is 0.848 e. The van der Waals surface area contributed by atoms with Gasteiger partial charge in [-0.1, -0.05) is 158 Å². The van der Waals surface area contributed by atoms with Crippen LogP contribution in [0.1, 0.15) is 108 Å². The fourth-order valence-electron chi connectivity index (χ4n) is 7.66. The Hall–Kier alpha value is -2.68. The average Bonchev–Trinajstić information content (AvgIpc) is 3.16. The zero-order valence-corrected chi connectivity index (χ0v) is 32.5. The molecule has 7 heteroatoms. The van der Waals surface area contributed by atoms with Gasteiger partial charge in [-0.3, -0.25) is 9.59 Å². The fraction of sp³-hybridized carbons (Fsp3) is 0.409. The fourth-order valence-corrected chi connectivity index (χ4v) is 7.66. The number of rotatable bonds is 12. The van der Waals surface area contributed by atoms with E-state index < -0.39 is 12.2 Å². The summed E-state index contributed by atoms with van der Waals surface area (Å²) in [5.74, 6) is 0.389. The normalized spacial score (nSPS) is 22.0. The third-order valence-corrected chi connectivity index (χ3v) is 10.8. The van der Waals surface area contributed by atoms with Gasteiger partial charge in [-0.05, 0) is 52.6 Å². The van der Waals surface area contributed by atoms with Crippen LogP contribution in [0.15, 0.2) is 121 Å². The minimum absolute atomic E-state index is 0. The molecule has 0 radical (unpaired) electrons. The molecule has 0 spiro atoms. The minimum Gasteiger partial charge on any atom is -0.848 e. The van der Waals surface area contributed by atoms with E-state index in [0.29, 0.717) is 25.7 Å². The Morgan fingerprint density at radius 3 is 1.16 bits per heavy atom. The molecule has 4 aromatic carbocycles. The number of benzene rings is 4. The molecule has 0 saturated carbocycles. The molecule has 2 aliphatic heterocycles. The minimum atomic E-state index is -0.697. The number of ketones is 2. The Bertz CT molecular complexity index is 1470. The average molecular weight is 713 g/mol. The summed E-state index contributed by atoms with van der Waals surface area (Å²) in [6.07, 6.45) is 7.20. The SMILES string of the molecule is CN1C(CC(=O)c2ccccc2)CCCC1CC([O-])c1ccccc1.CN1C(CC(=O)c2ccccc2)CCCC1CC([O-])c1ccccc1.[Ca+2]. The second-order valence-electron chi connectivity index (χ2n) is 14.1. The summed E-state index contributed by atoms with van der Waals surface area (Å²) >= 11 is 0. The summed E-state index contributed by atoms with van der Waals surface area (Å²) < 4.78 is 0. The van der Waals surface area contributed by atoms with Crippen molar-refractivity contribution in [2.24, 2.45) is 0 Å². The number of carbonyl (C=O) groups excluding carboxylic acids is 2. The molecule has 6 rings (SSSR count). The molecule has 4 aromatic rings. The van der Waals surface area contributed by atoms with Crippen LogP contribution in [-0.4, -0.2) is 97.4 Å². The van der Waals surface area contributed by atoms with E-state index in [1.54, 1.807) is 0 Å². The van der Waals surface area contributed by atoms with E-state index in [1.807, 2.05) is 121 Å². The van der Waals surface area contributed by atoms with Gasteiger partial charge in [0.25, 0.3) is 0 Å². The van der Waals surface area contributed by atoms with Crippen LogP contribution in [0, 0.1) is 0 Å². The van der Waals surface area contributed by atoms with Gasteiger partial charge in [-0.2, -0.15) is 0 Å².